The van der Waals surface area contributed by atoms with Crippen LogP contribution in [0.4, 0.5) is 8.78 Å². The van der Waals surface area contributed by atoms with Crippen molar-refractivity contribution in [2.45, 2.75) is 26.2 Å². The molecule has 1 nitrogen and oxygen atoms in total. The van der Waals surface area contributed by atoms with E-state index in [9.17, 15) is 8.78 Å². The van der Waals surface area contributed by atoms with Gasteiger partial charge in [0.1, 0.15) is 0 Å². The minimum Gasteiger partial charge on any atom is -0.494 e. The monoisotopic (exact) mass is 276 g/mol. The van der Waals surface area contributed by atoms with Crippen LogP contribution in [0.5, 0.6) is 5.75 Å². The van der Waals surface area contributed by atoms with E-state index in [-0.39, 0.29) is 11.3 Å². The Morgan fingerprint density at radius 2 is 1.65 bits per heavy atom. The smallest absolute Gasteiger partial charge is 0.201 e. The number of hydrogen-bond donors (Lipinski definition) is 0. The lowest BCUT2D eigenvalue weighted by Crippen LogP contribution is -1.95. The summed E-state index contributed by atoms with van der Waals surface area (Å²) in [6.07, 6.45) is 3.28. The zero-order valence-corrected chi connectivity index (χ0v) is 11.7. The highest BCUT2D eigenvalue weighted by Gasteiger charge is 2.14. The number of halogens is 2. The van der Waals surface area contributed by atoms with Gasteiger partial charge in [-0.25, -0.2) is 4.39 Å². The lowest BCUT2D eigenvalue weighted by Gasteiger charge is -2.08. The van der Waals surface area contributed by atoms with Crippen LogP contribution in [0.1, 0.15) is 25.3 Å². The molecule has 0 aromatic heterocycles. The Morgan fingerprint density at radius 3 is 2.25 bits per heavy atom. The maximum absolute atomic E-state index is 14.0. The topological polar surface area (TPSA) is 9.23 Å². The van der Waals surface area contributed by atoms with E-state index in [0.29, 0.717) is 5.56 Å². The van der Waals surface area contributed by atoms with Gasteiger partial charge in [-0.15, -0.1) is 0 Å². The summed E-state index contributed by atoms with van der Waals surface area (Å²) in [5, 5.41) is 0. The lowest BCUT2D eigenvalue weighted by molar-refractivity contribution is 0.372. The number of ether oxygens (including phenoxy) is 1. The average molecular weight is 276 g/mol. The Labute approximate surface area is 118 Å². The fourth-order valence-corrected chi connectivity index (χ4v) is 2.14. The van der Waals surface area contributed by atoms with E-state index in [4.69, 9.17) is 4.74 Å². The maximum Gasteiger partial charge on any atom is 0.201 e. The molecule has 0 fully saturated rings. The van der Waals surface area contributed by atoms with E-state index >= 15 is 0 Å². The van der Waals surface area contributed by atoms with Crippen molar-refractivity contribution in [3.05, 3.63) is 53.6 Å². The third-order valence-corrected chi connectivity index (χ3v) is 3.35. The molecular weight excluding hydrogens is 258 g/mol. The molecule has 0 aliphatic heterocycles. The summed E-state index contributed by atoms with van der Waals surface area (Å²) in [6, 6.07) is 10.6. The van der Waals surface area contributed by atoms with Crippen molar-refractivity contribution in [1.29, 1.82) is 0 Å². The van der Waals surface area contributed by atoms with Crippen molar-refractivity contribution in [3.8, 4) is 16.9 Å². The molecule has 0 aliphatic rings. The zero-order valence-electron chi connectivity index (χ0n) is 11.7. The van der Waals surface area contributed by atoms with Crippen molar-refractivity contribution in [3.63, 3.8) is 0 Å². The first kappa shape index (κ1) is 14.5. The molecule has 0 atom stereocenters. The van der Waals surface area contributed by atoms with Crippen molar-refractivity contribution in [1.82, 2.24) is 0 Å². The second kappa shape index (κ2) is 6.51. The van der Waals surface area contributed by atoms with Crippen LogP contribution in [0, 0.1) is 11.6 Å². The zero-order chi connectivity index (χ0) is 14.5. The van der Waals surface area contributed by atoms with Crippen LogP contribution >= 0.6 is 0 Å². The van der Waals surface area contributed by atoms with E-state index in [1.54, 1.807) is 0 Å². The van der Waals surface area contributed by atoms with Crippen LogP contribution in [0.3, 0.4) is 0 Å². The molecule has 2 rings (SSSR count). The molecule has 20 heavy (non-hydrogen) atoms. The molecule has 2 aromatic carbocycles. The van der Waals surface area contributed by atoms with Gasteiger partial charge < -0.3 is 4.74 Å². The van der Waals surface area contributed by atoms with Gasteiger partial charge in [0.15, 0.2) is 11.6 Å². The molecule has 0 bridgehead atoms. The van der Waals surface area contributed by atoms with E-state index in [1.165, 1.54) is 24.8 Å². The number of aryl methyl sites for hydroxylation is 1. The number of unbranched alkanes of at least 4 members (excludes halogenated alkanes) is 1. The molecule has 0 saturated heterocycles. The van der Waals surface area contributed by atoms with Gasteiger partial charge in [0.2, 0.25) is 5.82 Å². The van der Waals surface area contributed by atoms with E-state index < -0.39 is 11.6 Å². The second-order valence-electron chi connectivity index (χ2n) is 4.74. The summed E-state index contributed by atoms with van der Waals surface area (Å²) in [6.45, 7) is 2.14. The molecule has 0 amide bonds. The Hall–Kier alpha value is -1.90. The summed E-state index contributed by atoms with van der Waals surface area (Å²) < 4.78 is 32.4. The van der Waals surface area contributed by atoms with Crippen molar-refractivity contribution in [2.24, 2.45) is 0 Å². The number of benzene rings is 2. The van der Waals surface area contributed by atoms with E-state index in [1.807, 2.05) is 24.3 Å². The highest BCUT2D eigenvalue weighted by molar-refractivity contribution is 5.65. The Morgan fingerprint density at radius 1 is 0.950 bits per heavy atom. The summed E-state index contributed by atoms with van der Waals surface area (Å²) in [5.74, 6) is -1.89. The maximum atomic E-state index is 14.0. The first-order valence-electron chi connectivity index (χ1n) is 6.78. The van der Waals surface area contributed by atoms with Crippen molar-refractivity contribution >= 4 is 0 Å². The van der Waals surface area contributed by atoms with E-state index in [0.717, 1.165) is 19.3 Å². The van der Waals surface area contributed by atoms with Crippen molar-refractivity contribution in [2.75, 3.05) is 7.11 Å². The molecule has 0 saturated carbocycles. The van der Waals surface area contributed by atoms with E-state index in [2.05, 4.69) is 6.92 Å². The standard InChI is InChI=1S/C17H18F2O/c1-3-4-5-12-6-8-13(9-7-12)14-10-11-15(20-2)17(19)16(14)18/h6-11H,3-5H2,1-2H3. The van der Waals surface area contributed by atoms with Gasteiger partial charge in [0.05, 0.1) is 7.11 Å². The fraction of sp³-hybridized carbons (Fsp3) is 0.294. The quantitative estimate of drug-likeness (QED) is 0.748. The molecule has 0 heterocycles. The molecule has 2 aromatic rings. The number of rotatable bonds is 5. The highest BCUT2D eigenvalue weighted by Crippen LogP contribution is 2.29. The highest BCUT2D eigenvalue weighted by atomic mass is 19.2. The lowest BCUT2D eigenvalue weighted by atomic mass is 10.0. The fourth-order valence-electron chi connectivity index (χ4n) is 2.14. The van der Waals surface area contributed by atoms with Gasteiger partial charge in [-0.05, 0) is 36.1 Å². The Balaban J connectivity index is 2.30. The minimum atomic E-state index is -0.944. The van der Waals surface area contributed by atoms with Crippen LogP contribution in [0.25, 0.3) is 11.1 Å². The third-order valence-electron chi connectivity index (χ3n) is 3.35. The van der Waals surface area contributed by atoms with Crippen molar-refractivity contribution < 1.29 is 13.5 Å². The molecule has 0 aliphatic carbocycles. The molecule has 0 unspecified atom stereocenters. The van der Waals surface area contributed by atoms with Gasteiger partial charge >= 0.3 is 0 Å². The van der Waals surface area contributed by atoms with Gasteiger partial charge in [0, 0.05) is 5.56 Å². The van der Waals surface area contributed by atoms with Crippen LogP contribution < -0.4 is 4.74 Å². The van der Waals surface area contributed by atoms with Gasteiger partial charge in [-0.3, -0.25) is 0 Å². The SMILES string of the molecule is CCCCc1ccc(-c2ccc(OC)c(F)c2F)cc1. The van der Waals surface area contributed by atoms with Crippen LogP contribution in [-0.4, -0.2) is 7.11 Å². The van der Waals surface area contributed by atoms with Crippen LogP contribution in [0.2, 0.25) is 0 Å². The molecule has 0 radical (unpaired) electrons. The molecule has 3 heteroatoms. The predicted molar refractivity (Wildman–Crippen MR) is 77.0 cm³/mol. The summed E-state index contributed by atoms with van der Waals surface area (Å²) in [5.41, 5.74) is 2.14. The van der Waals surface area contributed by atoms with Crippen LogP contribution in [-0.2, 0) is 6.42 Å². The minimum absolute atomic E-state index is 0.0779. The Bertz CT molecular complexity index is 576. The summed E-state index contributed by atoms with van der Waals surface area (Å²) >= 11 is 0. The first-order chi connectivity index (χ1) is 9.67. The normalized spacial score (nSPS) is 10.6. The largest absolute Gasteiger partial charge is 0.494 e. The molecular formula is C17H18F2O. The van der Waals surface area contributed by atoms with Crippen LogP contribution in [0.15, 0.2) is 36.4 Å². The second-order valence-corrected chi connectivity index (χ2v) is 4.74. The third kappa shape index (κ3) is 2.98. The first-order valence-corrected chi connectivity index (χ1v) is 6.78. The number of hydrogen-bond acceptors (Lipinski definition) is 1. The number of methoxy groups -OCH3 is 1. The van der Waals surface area contributed by atoms with Gasteiger partial charge in [-0.1, -0.05) is 37.6 Å². The predicted octanol–water partition coefficient (Wildman–Crippen LogP) is 4.98. The molecule has 106 valence electrons. The van der Waals surface area contributed by atoms with Gasteiger partial charge in [0.25, 0.3) is 0 Å². The molecule has 0 spiro atoms. The van der Waals surface area contributed by atoms with Gasteiger partial charge in [-0.2, -0.15) is 4.39 Å². The average Bonchev–Trinajstić information content (AvgIpc) is 2.48. The summed E-state index contributed by atoms with van der Waals surface area (Å²) in [7, 11) is 1.32. The molecule has 0 N–H and O–H groups in total. The summed E-state index contributed by atoms with van der Waals surface area (Å²) in [4.78, 5) is 0. The Kier molecular flexibility index (Phi) is 4.72.